The van der Waals surface area contributed by atoms with Gasteiger partial charge in [0.15, 0.2) is 6.10 Å². The molecule has 8 heteroatoms. The van der Waals surface area contributed by atoms with Crippen LogP contribution in [-0.4, -0.2) is 57.2 Å². The number of fused-ring (bicyclic) bond motifs is 1. The maximum Gasteiger partial charge on any atom is 0.303 e. The first-order valence-electron chi connectivity index (χ1n) is 9.84. The Bertz CT molecular complexity index is 920. The monoisotopic (exact) mass is 464 g/mol. The maximum absolute atomic E-state index is 13.7. The summed E-state index contributed by atoms with van der Waals surface area (Å²) < 4.78 is 10.9. The molecule has 2 aromatic rings. The topological polar surface area (TPSA) is 59.1 Å². The van der Waals surface area contributed by atoms with Crippen LogP contribution < -0.4 is 9.64 Å². The first kappa shape index (κ1) is 25.0. The SMILES string of the molecule is COc1ccc([C@@H]2Sc3ccc(C)cc3N(CCN(C)C)C(=O)[C@@H]2OC(C)=O)cc1.Cl. The van der Waals surface area contributed by atoms with Crippen molar-refractivity contribution in [3.63, 3.8) is 0 Å². The van der Waals surface area contributed by atoms with Crippen molar-refractivity contribution >= 4 is 41.7 Å². The molecule has 0 saturated heterocycles. The number of benzene rings is 2. The predicted molar refractivity (Wildman–Crippen MR) is 126 cm³/mol. The second-order valence-corrected chi connectivity index (χ2v) is 8.79. The first-order valence-corrected chi connectivity index (χ1v) is 10.7. The fourth-order valence-electron chi connectivity index (χ4n) is 3.40. The minimum absolute atomic E-state index is 0. The molecule has 6 nitrogen and oxygen atoms in total. The minimum Gasteiger partial charge on any atom is -0.497 e. The van der Waals surface area contributed by atoms with Crippen LogP contribution in [0.25, 0.3) is 0 Å². The number of nitrogens with zero attached hydrogens (tertiary/aromatic N) is 2. The highest BCUT2D eigenvalue weighted by Crippen LogP contribution is 2.47. The molecule has 168 valence electrons. The van der Waals surface area contributed by atoms with E-state index >= 15 is 0 Å². The standard InChI is InChI=1S/C23H28N2O4S.ClH/c1-15-6-11-20-19(14-15)25(13-12-24(3)4)23(27)21(29-16(2)26)22(30-20)17-7-9-18(28-5)10-8-17;/h6-11,14,21-22H,12-13H2,1-5H3;1H/t21-,22+;/m1./s1. The van der Waals surface area contributed by atoms with Crippen molar-refractivity contribution < 1.29 is 19.1 Å². The van der Waals surface area contributed by atoms with E-state index in [9.17, 15) is 9.59 Å². The van der Waals surface area contributed by atoms with Crippen LogP contribution in [0.4, 0.5) is 5.69 Å². The average molecular weight is 465 g/mol. The normalized spacial score (nSPS) is 18.1. The number of rotatable bonds is 6. The Morgan fingerprint density at radius 2 is 1.84 bits per heavy atom. The number of thioether (sulfide) groups is 1. The van der Waals surface area contributed by atoms with Gasteiger partial charge in [-0.2, -0.15) is 0 Å². The number of carbonyl (C=O) groups excluding carboxylic acids is 2. The Hall–Kier alpha value is -2.22. The van der Waals surface area contributed by atoms with E-state index < -0.39 is 12.1 Å². The van der Waals surface area contributed by atoms with E-state index in [-0.39, 0.29) is 23.6 Å². The van der Waals surface area contributed by atoms with E-state index in [0.29, 0.717) is 13.1 Å². The van der Waals surface area contributed by atoms with Crippen molar-refractivity contribution in [2.45, 2.75) is 30.1 Å². The molecule has 0 spiro atoms. The molecule has 1 aliphatic heterocycles. The lowest BCUT2D eigenvalue weighted by Crippen LogP contribution is -2.45. The highest BCUT2D eigenvalue weighted by Gasteiger charge is 2.40. The molecule has 1 heterocycles. The van der Waals surface area contributed by atoms with Crippen molar-refractivity contribution in [3.8, 4) is 5.75 Å². The molecule has 0 aromatic heterocycles. The molecule has 2 aromatic carbocycles. The summed E-state index contributed by atoms with van der Waals surface area (Å²) >= 11 is 1.55. The molecule has 0 bridgehead atoms. The summed E-state index contributed by atoms with van der Waals surface area (Å²) in [6.07, 6.45) is -0.921. The van der Waals surface area contributed by atoms with E-state index in [1.165, 1.54) is 6.92 Å². The molecule has 0 aliphatic carbocycles. The second kappa shape index (κ2) is 10.9. The zero-order chi connectivity index (χ0) is 21.8. The van der Waals surface area contributed by atoms with Gasteiger partial charge in [0.2, 0.25) is 0 Å². The Morgan fingerprint density at radius 3 is 2.42 bits per heavy atom. The van der Waals surface area contributed by atoms with Crippen molar-refractivity contribution in [2.75, 3.05) is 39.2 Å². The number of methoxy groups -OCH3 is 1. The molecular formula is C23H29ClN2O4S. The van der Waals surface area contributed by atoms with E-state index in [2.05, 4.69) is 0 Å². The first-order chi connectivity index (χ1) is 14.3. The van der Waals surface area contributed by atoms with E-state index in [1.54, 1.807) is 23.8 Å². The molecule has 1 amide bonds. The van der Waals surface area contributed by atoms with Gasteiger partial charge in [-0.3, -0.25) is 9.59 Å². The van der Waals surface area contributed by atoms with Gasteiger partial charge >= 0.3 is 5.97 Å². The fourth-order valence-corrected chi connectivity index (χ4v) is 4.70. The number of esters is 1. The van der Waals surface area contributed by atoms with Crippen molar-refractivity contribution in [2.24, 2.45) is 0 Å². The lowest BCUT2D eigenvalue weighted by molar-refractivity contribution is -0.152. The number of carbonyl (C=O) groups is 2. The predicted octanol–water partition coefficient (Wildman–Crippen LogP) is 4.10. The average Bonchev–Trinajstić information content (AvgIpc) is 2.81. The zero-order valence-electron chi connectivity index (χ0n) is 18.5. The fraction of sp³-hybridized carbons (Fsp3) is 0.391. The van der Waals surface area contributed by atoms with Crippen LogP contribution in [0.5, 0.6) is 5.75 Å². The van der Waals surface area contributed by atoms with Gasteiger partial charge in [-0.15, -0.1) is 24.2 Å². The van der Waals surface area contributed by atoms with E-state index in [4.69, 9.17) is 9.47 Å². The number of anilines is 1. The summed E-state index contributed by atoms with van der Waals surface area (Å²) in [5.41, 5.74) is 2.84. The van der Waals surface area contributed by atoms with Crippen LogP contribution in [-0.2, 0) is 14.3 Å². The van der Waals surface area contributed by atoms with Crippen LogP contribution in [0, 0.1) is 6.92 Å². The van der Waals surface area contributed by atoms with Gasteiger partial charge in [0, 0.05) is 24.9 Å². The summed E-state index contributed by atoms with van der Waals surface area (Å²) in [5.74, 6) is 0.0586. The van der Waals surface area contributed by atoms with Crippen LogP contribution in [0.2, 0.25) is 0 Å². The Morgan fingerprint density at radius 1 is 1.16 bits per heavy atom. The summed E-state index contributed by atoms with van der Waals surface area (Å²) in [6, 6.07) is 13.7. The van der Waals surface area contributed by atoms with Crippen LogP contribution >= 0.6 is 24.2 Å². The Labute approximate surface area is 194 Å². The van der Waals surface area contributed by atoms with E-state index in [1.807, 2.05) is 68.4 Å². The molecule has 31 heavy (non-hydrogen) atoms. The Balaban J connectivity index is 0.00000341. The number of hydrogen-bond donors (Lipinski definition) is 0. The van der Waals surface area contributed by atoms with Crippen LogP contribution in [0.1, 0.15) is 23.3 Å². The van der Waals surface area contributed by atoms with Gasteiger partial charge < -0.3 is 19.3 Å². The number of hydrogen-bond acceptors (Lipinski definition) is 6. The third-order valence-corrected chi connectivity index (χ3v) is 6.32. The largest absolute Gasteiger partial charge is 0.497 e. The van der Waals surface area contributed by atoms with Gasteiger partial charge in [-0.05, 0) is 56.4 Å². The minimum atomic E-state index is -0.921. The molecule has 0 fully saturated rings. The van der Waals surface area contributed by atoms with Crippen LogP contribution in [0.3, 0.4) is 0 Å². The van der Waals surface area contributed by atoms with Gasteiger partial charge in [0.25, 0.3) is 5.91 Å². The third-order valence-electron chi connectivity index (χ3n) is 4.95. The summed E-state index contributed by atoms with van der Waals surface area (Å²) in [5, 5.41) is -0.363. The summed E-state index contributed by atoms with van der Waals surface area (Å²) in [7, 11) is 5.55. The lowest BCUT2D eigenvalue weighted by Gasteiger charge is -2.28. The molecule has 1 aliphatic rings. The summed E-state index contributed by atoms with van der Waals surface area (Å²) in [4.78, 5) is 30.4. The number of aryl methyl sites for hydroxylation is 1. The Kier molecular flexibility index (Phi) is 8.79. The second-order valence-electron chi connectivity index (χ2n) is 7.61. The van der Waals surface area contributed by atoms with Gasteiger partial charge in [0.05, 0.1) is 18.0 Å². The highest BCUT2D eigenvalue weighted by atomic mass is 35.5. The lowest BCUT2D eigenvalue weighted by atomic mass is 10.1. The highest BCUT2D eigenvalue weighted by molar-refractivity contribution is 7.99. The van der Waals surface area contributed by atoms with E-state index in [0.717, 1.165) is 27.5 Å². The number of halogens is 1. The summed E-state index contributed by atoms with van der Waals surface area (Å²) in [6.45, 7) is 4.56. The van der Waals surface area contributed by atoms with Gasteiger partial charge in [-0.25, -0.2) is 0 Å². The van der Waals surface area contributed by atoms with Crippen molar-refractivity contribution in [3.05, 3.63) is 53.6 Å². The number of likely N-dealkylation sites (N-methyl/N-ethyl adjacent to an activating group) is 1. The van der Waals surface area contributed by atoms with Crippen molar-refractivity contribution in [1.29, 1.82) is 0 Å². The third kappa shape index (κ3) is 5.93. The maximum atomic E-state index is 13.7. The smallest absolute Gasteiger partial charge is 0.303 e. The van der Waals surface area contributed by atoms with Crippen LogP contribution in [0.15, 0.2) is 47.4 Å². The zero-order valence-corrected chi connectivity index (χ0v) is 20.1. The van der Waals surface area contributed by atoms with Gasteiger partial charge in [0.1, 0.15) is 5.75 Å². The molecule has 0 saturated carbocycles. The molecule has 3 rings (SSSR count). The molecule has 0 unspecified atom stereocenters. The molecule has 2 atom stereocenters. The number of ether oxygens (including phenoxy) is 2. The molecule has 0 radical (unpaired) electrons. The van der Waals surface area contributed by atoms with Gasteiger partial charge in [-0.1, -0.05) is 18.2 Å². The number of amides is 1. The quantitative estimate of drug-likeness (QED) is 0.600. The molecular weight excluding hydrogens is 436 g/mol. The molecule has 0 N–H and O–H groups in total. The van der Waals surface area contributed by atoms with Crippen molar-refractivity contribution in [1.82, 2.24) is 4.90 Å².